The van der Waals surface area contributed by atoms with Gasteiger partial charge in [0, 0.05) is 19.0 Å². The molecule has 1 aromatic rings. The van der Waals surface area contributed by atoms with E-state index in [1.54, 1.807) is 0 Å². The summed E-state index contributed by atoms with van der Waals surface area (Å²) < 4.78 is 0. The molecular weight excluding hydrogens is 260 g/mol. The zero-order chi connectivity index (χ0) is 15.1. The number of amides is 1. The van der Waals surface area contributed by atoms with Crippen LogP contribution in [0.15, 0.2) is 30.3 Å². The molecule has 1 fully saturated rings. The molecule has 0 radical (unpaired) electrons. The number of hydrogen-bond donors (Lipinski definition) is 2. The first-order chi connectivity index (χ1) is 10.1. The highest BCUT2D eigenvalue weighted by molar-refractivity contribution is 5.76. The Morgan fingerprint density at radius 3 is 2.81 bits per heavy atom. The summed E-state index contributed by atoms with van der Waals surface area (Å²) in [5, 5.41) is 3.03. The lowest BCUT2D eigenvalue weighted by Gasteiger charge is -2.26. The van der Waals surface area contributed by atoms with Gasteiger partial charge in [-0.2, -0.15) is 0 Å². The summed E-state index contributed by atoms with van der Waals surface area (Å²) in [5.41, 5.74) is 7.09. The molecule has 3 atom stereocenters. The van der Waals surface area contributed by atoms with Crippen LogP contribution in [0.2, 0.25) is 0 Å². The van der Waals surface area contributed by atoms with Gasteiger partial charge >= 0.3 is 0 Å². The molecule has 21 heavy (non-hydrogen) atoms. The molecule has 0 aromatic heterocycles. The second-order valence-electron chi connectivity index (χ2n) is 6.50. The SMILES string of the molecule is CC1CCCC(CCNC(=O)CC(N)c2ccccc2)C1. The van der Waals surface area contributed by atoms with E-state index in [2.05, 4.69) is 12.2 Å². The Labute approximate surface area is 128 Å². The zero-order valence-corrected chi connectivity index (χ0v) is 13.1. The first kappa shape index (κ1) is 16.0. The fourth-order valence-electron chi connectivity index (χ4n) is 3.33. The molecule has 0 bridgehead atoms. The summed E-state index contributed by atoms with van der Waals surface area (Å²) in [4.78, 5) is 11.9. The van der Waals surface area contributed by atoms with Crippen LogP contribution in [0.5, 0.6) is 0 Å². The normalized spacial score (nSPS) is 23.5. The van der Waals surface area contributed by atoms with Crippen molar-refractivity contribution in [2.75, 3.05) is 6.54 Å². The van der Waals surface area contributed by atoms with E-state index in [4.69, 9.17) is 5.73 Å². The smallest absolute Gasteiger partial charge is 0.221 e. The largest absolute Gasteiger partial charge is 0.356 e. The van der Waals surface area contributed by atoms with E-state index in [0.717, 1.165) is 30.4 Å². The van der Waals surface area contributed by atoms with E-state index in [9.17, 15) is 4.79 Å². The summed E-state index contributed by atoms with van der Waals surface area (Å²) in [6, 6.07) is 9.61. The molecule has 1 aliphatic carbocycles. The molecule has 3 N–H and O–H groups in total. The summed E-state index contributed by atoms with van der Waals surface area (Å²) in [6.07, 6.45) is 6.83. The van der Waals surface area contributed by atoms with Crippen molar-refractivity contribution in [2.45, 2.75) is 51.5 Å². The highest BCUT2D eigenvalue weighted by Gasteiger charge is 2.18. The van der Waals surface area contributed by atoms with Gasteiger partial charge in [0.05, 0.1) is 0 Å². The Balaban J connectivity index is 1.65. The second-order valence-corrected chi connectivity index (χ2v) is 6.50. The average Bonchev–Trinajstić information content (AvgIpc) is 2.48. The number of benzene rings is 1. The number of carbonyl (C=O) groups is 1. The lowest BCUT2D eigenvalue weighted by Crippen LogP contribution is -2.29. The van der Waals surface area contributed by atoms with Crippen LogP contribution in [0.4, 0.5) is 0 Å². The minimum Gasteiger partial charge on any atom is -0.356 e. The molecule has 1 amide bonds. The molecule has 3 heteroatoms. The van der Waals surface area contributed by atoms with Crippen LogP contribution in [0.3, 0.4) is 0 Å². The number of nitrogens with two attached hydrogens (primary N) is 1. The maximum Gasteiger partial charge on any atom is 0.221 e. The molecule has 3 nitrogen and oxygen atoms in total. The van der Waals surface area contributed by atoms with E-state index >= 15 is 0 Å². The Hall–Kier alpha value is -1.35. The van der Waals surface area contributed by atoms with Gasteiger partial charge in [-0.1, -0.05) is 56.5 Å². The van der Waals surface area contributed by atoms with Crippen molar-refractivity contribution in [1.82, 2.24) is 5.32 Å². The van der Waals surface area contributed by atoms with Crippen LogP contribution in [-0.2, 0) is 4.79 Å². The Bertz CT molecular complexity index is 432. The van der Waals surface area contributed by atoms with Gasteiger partial charge in [-0.05, 0) is 30.2 Å². The molecule has 1 saturated carbocycles. The molecule has 0 heterocycles. The summed E-state index contributed by atoms with van der Waals surface area (Å²) in [6.45, 7) is 3.13. The van der Waals surface area contributed by atoms with E-state index < -0.39 is 0 Å². The van der Waals surface area contributed by atoms with E-state index in [1.807, 2.05) is 30.3 Å². The second kappa shape index (κ2) is 8.18. The van der Waals surface area contributed by atoms with Crippen LogP contribution in [0, 0.1) is 11.8 Å². The van der Waals surface area contributed by atoms with Crippen LogP contribution in [-0.4, -0.2) is 12.5 Å². The standard InChI is InChI=1S/C18H28N2O/c1-14-6-5-7-15(12-14)10-11-20-18(21)13-17(19)16-8-3-2-4-9-16/h2-4,8-9,14-15,17H,5-7,10-13,19H2,1H3,(H,20,21). The van der Waals surface area contributed by atoms with Gasteiger partial charge < -0.3 is 11.1 Å². The quantitative estimate of drug-likeness (QED) is 0.843. The van der Waals surface area contributed by atoms with Gasteiger partial charge in [-0.3, -0.25) is 4.79 Å². The fraction of sp³-hybridized carbons (Fsp3) is 0.611. The average molecular weight is 288 g/mol. The van der Waals surface area contributed by atoms with Crippen molar-refractivity contribution in [3.8, 4) is 0 Å². The van der Waals surface area contributed by atoms with Crippen molar-refractivity contribution in [3.63, 3.8) is 0 Å². The zero-order valence-electron chi connectivity index (χ0n) is 13.1. The van der Waals surface area contributed by atoms with E-state index in [0.29, 0.717) is 6.42 Å². The predicted octanol–water partition coefficient (Wildman–Crippen LogP) is 3.41. The third-order valence-electron chi connectivity index (χ3n) is 4.55. The number of nitrogens with one attached hydrogen (secondary N) is 1. The van der Waals surface area contributed by atoms with Crippen LogP contribution >= 0.6 is 0 Å². The monoisotopic (exact) mass is 288 g/mol. The van der Waals surface area contributed by atoms with Gasteiger partial charge in [-0.25, -0.2) is 0 Å². The maximum absolute atomic E-state index is 11.9. The van der Waals surface area contributed by atoms with E-state index in [1.165, 1.54) is 25.7 Å². The van der Waals surface area contributed by atoms with Crippen molar-refractivity contribution >= 4 is 5.91 Å². The highest BCUT2D eigenvalue weighted by Crippen LogP contribution is 2.30. The summed E-state index contributed by atoms with van der Waals surface area (Å²) >= 11 is 0. The minimum absolute atomic E-state index is 0.0650. The van der Waals surface area contributed by atoms with Crippen molar-refractivity contribution in [2.24, 2.45) is 17.6 Å². The lowest BCUT2D eigenvalue weighted by molar-refractivity contribution is -0.121. The lowest BCUT2D eigenvalue weighted by atomic mass is 9.81. The van der Waals surface area contributed by atoms with Gasteiger partial charge in [-0.15, -0.1) is 0 Å². The van der Waals surface area contributed by atoms with Crippen molar-refractivity contribution in [3.05, 3.63) is 35.9 Å². The number of hydrogen-bond acceptors (Lipinski definition) is 2. The van der Waals surface area contributed by atoms with Gasteiger partial charge in [0.2, 0.25) is 5.91 Å². The maximum atomic E-state index is 11.9. The van der Waals surface area contributed by atoms with Crippen LogP contribution in [0.25, 0.3) is 0 Å². The van der Waals surface area contributed by atoms with E-state index in [-0.39, 0.29) is 11.9 Å². The predicted molar refractivity (Wildman–Crippen MR) is 86.7 cm³/mol. The molecule has 0 aliphatic heterocycles. The molecule has 2 rings (SSSR count). The molecule has 0 saturated heterocycles. The van der Waals surface area contributed by atoms with Crippen molar-refractivity contribution < 1.29 is 4.79 Å². The summed E-state index contributed by atoms with van der Waals surface area (Å²) in [7, 11) is 0. The number of rotatable bonds is 6. The van der Waals surface area contributed by atoms with Gasteiger partial charge in [0.25, 0.3) is 0 Å². The van der Waals surface area contributed by atoms with Gasteiger partial charge in [0.1, 0.15) is 0 Å². The Kier molecular flexibility index (Phi) is 6.24. The van der Waals surface area contributed by atoms with Crippen molar-refractivity contribution in [1.29, 1.82) is 0 Å². The fourth-order valence-corrected chi connectivity index (χ4v) is 3.33. The minimum atomic E-state index is -0.207. The first-order valence-electron chi connectivity index (χ1n) is 8.22. The van der Waals surface area contributed by atoms with Gasteiger partial charge in [0.15, 0.2) is 0 Å². The van der Waals surface area contributed by atoms with Crippen LogP contribution in [0.1, 0.15) is 57.1 Å². The Morgan fingerprint density at radius 1 is 1.33 bits per heavy atom. The third kappa shape index (κ3) is 5.50. The molecule has 1 aliphatic rings. The molecule has 0 spiro atoms. The third-order valence-corrected chi connectivity index (χ3v) is 4.55. The Morgan fingerprint density at radius 2 is 2.10 bits per heavy atom. The highest BCUT2D eigenvalue weighted by atomic mass is 16.1. The topological polar surface area (TPSA) is 55.1 Å². The molecular formula is C18H28N2O. The molecule has 1 aromatic carbocycles. The summed E-state index contributed by atoms with van der Waals surface area (Å²) in [5.74, 6) is 1.71. The number of carbonyl (C=O) groups excluding carboxylic acids is 1. The van der Waals surface area contributed by atoms with Crippen LogP contribution < -0.4 is 11.1 Å². The molecule has 116 valence electrons. The first-order valence-corrected chi connectivity index (χ1v) is 8.22. The molecule has 3 unspecified atom stereocenters.